The summed E-state index contributed by atoms with van der Waals surface area (Å²) in [7, 11) is 0. The molecule has 1 rings (SSSR count). The topological polar surface area (TPSA) is 26.0 Å². The summed E-state index contributed by atoms with van der Waals surface area (Å²) in [5, 5.41) is 0. The smallest absolute Gasteiger partial charge is 0.00697 e. The lowest BCUT2D eigenvalue weighted by Gasteiger charge is -2.16. The average molecular weight is 127 g/mol. The summed E-state index contributed by atoms with van der Waals surface area (Å²) < 4.78 is 0. The van der Waals surface area contributed by atoms with Gasteiger partial charge in [0.15, 0.2) is 0 Å². The van der Waals surface area contributed by atoms with Crippen LogP contribution in [0.1, 0.15) is 33.1 Å². The molecule has 1 aliphatic rings. The van der Waals surface area contributed by atoms with E-state index in [2.05, 4.69) is 13.8 Å². The normalized spacial score (nSPS) is 43.7. The van der Waals surface area contributed by atoms with E-state index in [0.29, 0.717) is 6.04 Å². The predicted octanol–water partition coefficient (Wildman–Crippen LogP) is 1.77. The van der Waals surface area contributed by atoms with Gasteiger partial charge in [0, 0.05) is 6.04 Å². The van der Waals surface area contributed by atoms with Crippen LogP contribution in [0.5, 0.6) is 0 Å². The molecular formula is C8H17N. The van der Waals surface area contributed by atoms with Gasteiger partial charge in [0.05, 0.1) is 0 Å². The van der Waals surface area contributed by atoms with Crippen molar-refractivity contribution < 1.29 is 0 Å². The molecule has 54 valence electrons. The molecule has 1 nitrogen and oxygen atoms in total. The van der Waals surface area contributed by atoms with E-state index in [1.165, 1.54) is 19.3 Å². The third-order valence-electron chi connectivity index (χ3n) is 2.71. The van der Waals surface area contributed by atoms with Crippen molar-refractivity contribution in [3.8, 4) is 0 Å². The summed E-state index contributed by atoms with van der Waals surface area (Å²) in [6.45, 7) is 4.56. The van der Waals surface area contributed by atoms with Gasteiger partial charge >= 0.3 is 0 Å². The molecule has 1 aliphatic carbocycles. The van der Waals surface area contributed by atoms with Gasteiger partial charge in [-0.2, -0.15) is 0 Å². The summed E-state index contributed by atoms with van der Waals surface area (Å²) in [6, 6.07) is 0.505. The maximum Gasteiger partial charge on any atom is 0.00697 e. The van der Waals surface area contributed by atoms with E-state index in [9.17, 15) is 0 Å². The molecule has 2 N–H and O–H groups in total. The number of hydrogen-bond donors (Lipinski definition) is 1. The Balaban J connectivity index is 2.44. The van der Waals surface area contributed by atoms with E-state index < -0.39 is 0 Å². The van der Waals surface area contributed by atoms with Crippen LogP contribution in [-0.4, -0.2) is 6.04 Å². The largest absolute Gasteiger partial charge is 0.327 e. The first-order valence-electron chi connectivity index (χ1n) is 4.01. The lowest BCUT2D eigenvalue weighted by atomic mass is 9.93. The van der Waals surface area contributed by atoms with E-state index >= 15 is 0 Å². The maximum atomic E-state index is 5.88. The second-order valence-corrected chi connectivity index (χ2v) is 3.29. The zero-order chi connectivity index (χ0) is 6.85. The summed E-state index contributed by atoms with van der Waals surface area (Å²) in [5.74, 6) is 1.69. The molecule has 0 aromatic rings. The van der Waals surface area contributed by atoms with Crippen molar-refractivity contribution in [2.24, 2.45) is 17.6 Å². The summed E-state index contributed by atoms with van der Waals surface area (Å²) in [6.07, 6.45) is 3.86. The van der Waals surface area contributed by atoms with Gasteiger partial charge in [0.2, 0.25) is 0 Å². The molecule has 1 unspecified atom stereocenters. The molecule has 1 heteroatoms. The van der Waals surface area contributed by atoms with Gasteiger partial charge in [-0.15, -0.1) is 0 Å². The van der Waals surface area contributed by atoms with E-state index in [-0.39, 0.29) is 0 Å². The Kier molecular flexibility index (Phi) is 2.12. The predicted molar refractivity (Wildman–Crippen MR) is 40.2 cm³/mol. The highest BCUT2D eigenvalue weighted by Crippen LogP contribution is 2.32. The van der Waals surface area contributed by atoms with Crippen LogP contribution >= 0.6 is 0 Å². The third-order valence-corrected chi connectivity index (χ3v) is 2.71. The van der Waals surface area contributed by atoms with Crippen molar-refractivity contribution >= 4 is 0 Å². The fraction of sp³-hybridized carbons (Fsp3) is 1.00. The zero-order valence-corrected chi connectivity index (χ0v) is 6.43. The van der Waals surface area contributed by atoms with E-state index in [0.717, 1.165) is 11.8 Å². The van der Waals surface area contributed by atoms with Crippen LogP contribution in [0.2, 0.25) is 0 Å². The van der Waals surface area contributed by atoms with Crippen molar-refractivity contribution in [1.29, 1.82) is 0 Å². The average Bonchev–Trinajstić information content (AvgIpc) is 2.12. The SMILES string of the molecule is CC[C@H]1C(N)CC[C@@H]1C. The van der Waals surface area contributed by atoms with Crippen LogP contribution in [0, 0.1) is 11.8 Å². The van der Waals surface area contributed by atoms with Crippen molar-refractivity contribution in [3.63, 3.8) is 0 Å². The Hall–Kier alpha value is -0.0400. The fourth-order valence-corrected chi connectivity index (χ4v) is 2.01. The van der Waals surface area contributed by atoms with Crippen LogP contribution in [-0.2, 0) is 0 Å². The Morgan fingerprint density at radius 3 is 2.33 bits per heavy atom. The monoisotopic (exact) mass is 127 g/mol. The molecule has 0 saturated heterocycles. The molecule has 3 atom stereocenters. The second-order valence-electron chi connectivity index (χ2n) is 3.29. The van der Waals surface area contributed by atoms with Crippen LogP contribution in [0.4, 0.5) is 0 Å². The van der Waals surface area contributed by atoms with Gasteiger partial charge in [-0.05, 0) is 24.7 Å². The van der Waals surface area contributed by atoms with Crippen molar-refractivity contribution in [1.82, 2.24) is 0 Å². The molecule has 0 aromatic heterocycles. The van der Waals surface area contributed by atoms with Crippen molar-refractivity contribution in [2.45, 2.75) is 39.2 Å². The number of rotatable bonds is 1. The first kappa shape index (κ1) is 7.07. The molecule has 0 heterocycles. The quantitative estimate of drug-likeness (QED) is 0.570. The standard InChI is InChI=1S/C8H17N/c1-3-7-6(2)4-5-8(7)9/h6-8H,3-5,9H2,1-2H3/t6-,7+,8?/m0/s1. The summed E-state index contributed by atoms with van der Waals surface area (Å²) >= 11 is 0. The third kappa shape index (κ3) is 1.26. The van der Waals surface area contributed by atoms with E-state index in [4.69, 9.17) is 5.73 Å². The van der Waals surface area contributed by atoms with Crippen LogP contribution < -0.4 is 5.73 Å². The van der Waals surface area contributed by atoms with Gasteiger partial charge in [0.25, 0.3) is 0 Å². The first-order chi connectivity index (χ1) is 4.25. The minimum absolute atomic E-state index is 0.505. The van der Waals surface area contributed by atoms with Crippen LogP contribution in [0.25, 0.3) is 0 Å². The molecule has 0 aromatic carbocycles. The van der Waals surface area contributed by atoms with Crippen molar-refractivity contribution in [2.75, 3.05) is 0 Å². The molecule has 0 radical (unpaired) electrons. The van der Waals surface area contributed by atoms with Gasteiger partial charge < -0.3 is 5.73 Å². The molecule has 0 amide bonds. The second kappa shape index (κ2) is 2.70. The van der Waals surface area contributed by atoms with Crippen molar-refractivity contribution in [3.05, 3.63) is 0 Å². The highest BCUT2D eigenvalue weighted by atomic mass is 14.7. The molecule has 0 spiro atoms. The van der Waals surface area contributed by atoms with Gasteiger partial charge in [-0.25, -0.2) is 0 Å². The molecule has 1 saturated carbocycles. The highest BCUT2D eigenvalue weighted by Gasteiger charge is 2.28. The lowest BCUT2D eigenvalue weighted by molar-refractivity contribution is 0.375. The van der Waals surface area contributed by atoms with Crippen LogP contribution in [0.3, 0.4) is 0 Å². The van der Waals surface area contributed by atoms with Crippen LogP contribution in [0.15, 0.2) is 0 Å². The maximum absolute atomic E-state index is 5.88. The molecule has 0 bridgehead atoms. The Morgan fingerprint density at radius 2 is 2.11 bits per heavy atom. The summed E-state index contributed by atoms with van der Waals surface area (Å²) in [5.41, 5.74) is 5.88. The highest BCUT2D eigenvalue weighted by molar-refractivity contribution is 4.83. The minimum Gasteiger partial charge on any atom is -0.327 e. The van der Waals surface area contributed by atoms with E-state index in [1.807, 2.05) is 0 Å². The lowest BCUT2D eigenvalue weighted by Crippen LogP contribution is -2.26. The summed E-state index contributed by atoms with van der Waals surface area (Å²) in [4.78, 5) is 0. The van der Waals surface area contributed by atoms with Gasteiger partial charge in [0.1, 0.15) is 0 Å². The number of hydrogen-bond acceptors (Lipinski definition) is 1. The fourth-order valence-electron chi connectivity index (χ4n) is 2.01. The van der Waals surface area contributed by atoms with E-state index in [1.54, 1.807) is 0 Å². The Labute approximate surface area is 57.6 Å². The minimum atomic E-state index is 0.505. The Bertz CT molecular complexity index is 80.6. The van der Waals surface area contributed by atoms with Gasteiger partial charge in [-0.1, -0.05) is 20.3 Å². The number of nitrogens with two attached hydrogens (primary N) is 1. The zero-order valence-electron chi connectivity index (χ0n) is 6.43. The molecule has 1 fully saturated rings. The molecule has 0 aliphatic heterocycles. The molecular weight excluding hydrogens is 110 g/mol. The van der Waals surface area contributed by atoms with Gasteiger partial charge in [-0.3, -0.25) is 0 Å². The first-order valence-corrected chi connectivity index (χ1v) is 4.01. The Morgan fingerprint density at radius 1 is 1.44 bits per heavy atom. The molecule has 9 heavy (non-hydrogen) atoms.